The quantitative estimate of drug-likeness (QED) is 0.695. The Kier molecular flexibility index (Phi) is 5.49. The smallest absolute Gasteiger partial charge is 0.150 e. The van der Waals surface area contributed by atoms with E-state index in [9.17, 15) is 8.42 Å². The third kappa shape index (κ3) is 4.66. The molecule has 1 aliphatic heterocycles. The molecule has 0 aromatic rings. The molecule has 0 bridgehead atoms. The van der Waals surface area contributed by atoms with Gasteiger partial charge in [0.25, 0.3) is 0 Å². The number of rotatable bonds is 7. The number of hydrogen-bond acceptors (Lipinski definition) is 3. The summed E-state index contributed by atoms with van der Waals surface area (Å²) < 4.78 is 22.6. The molecule has 1 N–H and O–H groups in total. The van der Waals surface area contributed by atoms with Crippen molar-refractivity contribution in [2.45, 2.75) is 38.6 Å². The minimum absolute atomic E-state index is 0.322. The standard InChI is InChI=1S/C12H23NO2S/c1-3-5-6-12(4-2)13-9-11-7-8-16(14,15)10-11/h3,11-13H,1,4-10H2,2H3/t11-,12-/m1/s1. The SMILES string of the molecule is C=CCC[C@@H](CC)NC[C@H]1CCS(=O)(=O)C1. The predicted octanol–water partition coefficient (Wildman–Crippen LogP) is 1.76. The first-order chi connectivity index (χ1) is 7.57. The van der Waals surface area contributed by atoms with Gasteiger partial charge in [-0.05, 0) is 38.1 Å². The fourth-order valence-corrected chi connectivity index (χ4v) is 4.00. The summed E-state index contributed by atoms with van der Waals surface area (Å²) in [5.74, 6) is 1.07. The molecule has 94 valence electrons. The predicted molar refractivity (Wildman–Crippen MR) is 68.3 cm³/mol. The van der Waals surface area contributed by atoms with E-state index in [-0.39, 0.29) is 0 Å². The molecule has 2 atom stereocenters. The lowest BCUT2D eigenvalue weighted by molar-refractivity contribution is 0.423. The highest BCUT2D eigenvalue weighted by atomic mass is 32.2. The molecule has 16 heavy (non-hydrogen) atoms. The van der Waals surface area contributed by atoms with Crippen molar-refractivity contribution >= 4 is 9.84 Å². The largest absolute Gasteiger partial charge is 0.314 e. The van der Waals surface area contributed by atoms with Crippen LogP contribution in [0, 0.1) is 5.92 Å². The Labute approximate surface area is 99.2 Å². The van der Waals surface area contributed by atoms with Crippen LogP contribution in [0.2, 0.25) is 0 Å². The van der Waals surface area contributed by atoms with Crippen LogP contribution in [0.15, 0.2) is 12.7 Å². The molecule has 1 heterocycles. The van der Waals surface area contributed by atoms with E-state index in [4.69, 9.17) is 0 Å². The van der Waals surface area contributed by atoms with Crippen molar-refractivity contribution in [2.24, 2.45) is 5.92 Å². The van der Waals surface area contributed by atoms with E-state index < -0.39 is 9.84 Å². The van der Waals surface area contributed by atoms with Crippen molar-refractivity contribution < 1.29 is 8.42 Å². The van der Waals surface area contributed by atoms with Crippen LogP contribution in [0.5, 0.6) is 0 Å². The van der Waals surface area contributed by atoms with Gasteiger partial charge in [-0.15, -0.1) is 6.58 Å². The zero-order valence-corrected chi connectivity index (χ0v) is 10.9. The van der Waals surface area contributed by atoms with E-state index in [1.807, 2.05) is 6.08 Å². The highest BCUT2D eigenvalue weighted by Crippen LogP contribution is 2.17. The second kappa shape index (κ2) is 6.40. The van der Waals surface area contributed by atoms with E-state index in [1.54, 1.807) is 0 Å². The van der Waals surface area contributed by atoms with Crippen LogP contribution in [0.4, 0.5) is 0 Å². The van der Waals surface area contributed by atoms with Gasteiger partial charge in [-0.25, -0.2) is 8.42 Å². The molecular weight excluding hydrogens is 222 g/mol. The lowest BCUT2D eigenvalue weighted by Crippen LogP contribution is -2.33. The maximum atomic E-state index is 11.3. The van der Waals surface area contributed by atoms with Crippen molar-refractivity contribution in [2.75, 3.05) is 18.1 Å². The van der Waals surface area contributed by atoms with Gasteiger partial charge < -0.3 is 5.32 Å². The molecule has 1 aliphatic rings. The first-order valence-electron chi connectivity index (χ1n) is 6.12. The second-order valence-electron chi connectivity index (χ2n) is 4.65. The van der Waals surface area contributed by atoms with Crippen LogP contribution in [0.3, 0.4) is 0 Å². The fourth-order valence-electron chi connectivity index (χ4n) is 2.14. The van der Waals surface area contributed by atoms with Gasteiger partial charge in [0.2, 0.25) is 0 Å². The molecule has 0 unspecified atom stereocenters. The maximum absolute atomic E-state index is 11.3. The van der Waals surface area contributed by atoms with Crippen LogP contribution < -0.4 is 5.32 Å². The Morgan fingerprint density at radius 2 is 2.31 bits per heavy atom. The minimum atomic E-state index is -2.72. The molecule has 0 spiro atoms. The summed E-state index contributed by atoms with van der Waals surface area (Å²) in [6.45, 7) is 6.72. The molecule has 0 aromatic heterocycles. The molecule has 1 saturated heterocycles. The number of hydrogen-bond donors (Lipinski definition) is 1. The summed E-state index contributed by atoms with van der Waals surface area (Å²) in [5.41, 5.74) is 0. The molecule has 3 nitrogen and oxygen atoms in total. The van der Waals surface area contributed by atoms with Gasteiger partial charge in [0.15, 0.2) is 9.84 Å². The van der Waals surface area contributed by atoms with Gasteiger partial charge >= 0.3 is 0 Å². The average Bonchev–Trinajstić information content (AvgIpc) is 2.59. The first kappa shape index (κ1) is 13.7. The Hall–Kier alpha value is -0.350. The van der Waals surface area contributed by atoms with E-state index in [0.29, 0.717) is 23.5 Å². The summed E-state index contributed by atoms with van der Waals surface area (Å²) >= 11 is 0. The van der Waals surface area contributed by atoms with Crippen LogP contribution >= 0.6 is 0 Å². The lowest BCUT2D eigenvalue weighted by atomic mass is 10.1. The van der Waals surface area contributed by atoms with Gasteiger partial charge in [0.1, 0.15) is 0 Å². The zero-order chi connectivity index (χ0) is 12.0. The Balaban J connectivity index is 2.25. The van der Waals surface area contributed by atoms with E-state index in [0.717, 1.165) is 32.2 Å². The summed E-state index contributed by atoms with van der Waals surface area (Å²) in [6, 6.07) is 0.501. The molecule has 4 heteroatoms. The summed E-state index contributed by atoms with van der Waals surface area (Å²) in [5, 5.41) is 3.47. The van der Waals surface area contributed by atoms with Crippen LogP contribution in [-0.4, -0.2) is 32.5 Å². The molecule has 1 rings (SSSR count). The second-order valence-corrected chi connectivity index (χ2v) is 6.88. The minimum Gasteiger partial charge on any atom is -0.314 e. The van der Waals surface area contributed by atoms with Crippen LogP contribution in [0.25, 0.3) is 0 Å². The van der Waals surface area contributed by atoms with E-state index in [2.05, 4.69) is 18.8 Å². The Bertz CT molecular complexity index is 311. The number of sulfone groups is 1. The third-order valence-corrected chi connectivity index (χ3v) is 5.07. The van der Waals surface area contributed by atoms with Crippen molar-refractivity contribution in [3.8, 4) is 0 Å². The maximum Gasteiger partial charge on any atom is 0.150 e. The van der Waals surface area contributed by atoms with Gasteiger partial charge in [-0.3, -0.25) is 0 Å². The molecule has 0 aromatic carbocycles. The highest BCUT2D eigenvalue weighted by Gasteiger charge is 2.27. The highest BCUT2D eigenvalue weighted by molar-refractivity contribution is 7.91. The normalized spacial score (nSPS) is 25.4. The summed E-state index contributed by atoms with van der Waals surface area (Å²) in [4.78, 5) is 0. The molecule has 0 saturated carbocycles. The van der Waals surface area contributed by atoms with Gasteiger partial charge in [0, 0.05) is 6.04 Å². The summed E-state index contributed by atoms with van der Waals surface area (Å²) in [7, 11) is -2.72. The molecule has 0 radical (unpaired) electrons. The first-order valence-corrected chi connectivity index (χ1v) is 7.94. The average molecular weight is 245 g/mol. The molecular formula is C12H23NO2S. The van der Waals surface area contributed by atoms with Gasteiger partial charge in [-0.1, -0.05) is 13.0 Å². The zero-order valence-electron chi connectivity index (χ0n) is 10.1. The van der Waals surface area contributed by atoms with Crippen molar-refractivity contribution in [3.63, 3.8) is 0 Å². The van der Waals surface area contributed by atoms with Crippen molar-refractivity contribution in [3.05, 3.63) is 12.7 Å². The molecule has 0 aliphatic carbocycles. The van der Waals surface area contributed by atoms with Gasteiger partial charge in [0.05, 0.1) is 11.5 Å². The summed E-state index contributed by atoms with van der Waals surface area (Å²) in [6.07, 6.45) is 5.97. The van der Waals surface area contributed by atoms with E-state index in [1.165, 1.54) is 0 Å². The van der Waals surface area contributed by atoms with Gasteiger partial charge in [-0.2, -0.15) is 0 Å². The van der Waals surface area contributed by atoms with Crippen molar-refractivity contribution in [1.82, 2.24) is 5.32 Å². The van der Waals surface area contributed by atoms with Crippen molar-refractivity contribution in [1.29, 1.82) is 0 Å². The third-order valence-electron chi connectivity index (χ3n) is 3.23. The Morgan fingerprint density at radius 3 is 2.81 bits per heavy atom. The fraction of sp³-hybridized carbons (Fsp3) is 0.833. The number of nitrogens with one attached hydrogen (secondary N) is 1. The van der Waals surface area contributed by atoms with Crippen LogP contribution in [-0.2, 0) is 9.84 Å². The van der Waals surface area contributed by atoms with E-state index >= 15 is 0 Å². The monoisotopic (exact) mass is 245 g/mol. The van der Waals surface area contributed by atoms with Crippen LogP contribution in [0.1, 0.15) is 32.6 Å². The Morgan fingerprint density at radius 1 is 1.56 bits per heavy atom. The molecule has 0 amide bonds. The topological polar surface area (TPSA) is 46.2 Å². The number of allylic oxidation sites excluding steroid dienone is 1. The molecule has 1 fully saturated rings. The lowest BCUT2D eigenvalue weighted by Gasteiger charge is -2.18.